The van der Waals surface area contributed by atoms with Crippen molar-refractivity contribution in [3.05, 3.63) is 0 Å². The summed E-state index contributed by atoms with van der Waals surface area (Å²) in [7, 11) is -3.20. The highest BCUT2D eigenvalue weighted by atomic mass is 32.2. The number of carbonyl (C=O) groups is 1. The van der Waals surface area contributed by atoms with Crippen LogP contribution in [0.4, 0.5) is 0 Å². The topological polar surface area (TPSA) is 63.2 Å². The molecule has 0 saturated carbocycles. The fourth-order valence-corrected chi connectivity index (χ4v) is 3.20. The lowest BCUT2D eigenvalue weighted by Gasteiger charge is -2.33. The lowest BCUT2D eigenvalue weighted by Crippen LogP contribution is -2.44. The van der Waals surface area contributed by atoms with Crippen LogP contribution >= 0.6 is 0 Å². The summed E-state index contributed by atoms with van der Waals surface area (Å²) in [5, 5.41) is 3.21. The second-order valence-corrected chi connectivity index (χ2v) is 9.31. The molecule has 1 aliphatic rings. The standard InChI is InChI=1S/C13H25NO3S/c1-12(2,3)18(16,17)9-6-11(15)13(4)7-5-8-14-10-13/h14H,5-10H2,1-4H3. The number of sulfone groups is 1. The van der Waals surface area contributed by atoms with Gasteiger partial charge in [0.15, 0.2) is 9.84 Å². The van der Waals surface area contributed by atoms with Crippen LogP contribution in [-0.2, 0) is 14.6 Å². The van der Waals surface area contributed by atoms with Crippen LogP contribution in [-0.4, -0.2) is 37.8 Å². The maximum absolute atomic E-state index is 12.2. The summed E-state index contributed by atoms with van der Waals surface area (Å²) in [5.41, 5.74) is -0.383. The Kier molecular flexibility index (Phi) is 4.60. The minimum atomic E-state index is -3.20. The predicted molar refractivity (Wildman–Crippen MR) is 73.4 cm³/mol. The number of Topliss-reactive ketones (excluding diaryl/α,β-unsaturated/α-hetero) is 1. The van der Waals surface area contributed by atoms with E-state index in [1.54, 1.807) is 20.8 Å². The Morgan fingerprint density at radius 2 is 1.94 bits per heavy atom. The summed E-state index contributed by atoms with van der Waals surface area (Å²) >= 11 is 0. The first-order valence-electron chi connectivity index (χ1n) is 6.55. The Hall–Kier alpha value is -0.420. The van der Waals surface area contributed by atoms with Gasteiger partial charge < -0.3 is 5.32 Å². The van der Waals surface area contributed by atoms with E-state index < -0.39 is 14.6 Å². The first kappa shape index (κ1) is 15.6. The van der Waals surface area contributed by atoms with Gasteiger partial charge >= 0.3 is 0 Å². The van der Waals surface area contributed by atoms with Crippen molar-refractivity contribution in [2.45, 2.75) is 51.7 Å². The maximum atomic E-state index is 12.2. The monoisotopic (exact) mass is 275 g/mol. The zero-order valence-corrected chi connectivity index (χ0v) is 12.7. The van der Waals surface area contributed by atoms with Crippen LogP contribution in [0.5, 0.6) is 0 Å². The minimum absolute atomic E-state index is 0.0368. The van der Waals surface area contributed by atoms with Crippen LogP contribution in [0.25, 0.3) is 0 Å². The van der Waals surface area contributed by atoms with E-state index in [1.807, 2.05) is 6.92 Å². The first-order chi connectivity index (χ1) is 8.08. The first-order valence-corrected chi connectivity index (χ1v) is 8.20. The third kappa shape index (κ3) is 3.54. The van der Waals surface area contributed by atoms with E-state index >= 15 is 0 Å². The van der Waals surface area contributed by atoms with E-state index in [-0.39, 0.29) is 23.4 Å². The van der Waals surface area contributed by atoms with Gasteiger partial charge in [-0.15, -0.1) is 0 Å². The normalized spacial score (nSPS) is 26.0. The average Bonchev–Trinajstić information content (AvgIpc) is 2.25. The Morgan fingerprint density at radius 3 is 2.39 bits per heavy atom. The lowest BCUT2D eigenvalue weighted by atomic mass is 9.78. The molecule has 0 radical (unpaired) electrons. The van der Waals surface area contributed by atoms with Gasteiger partial charge in [0, 0.05) is 18.4 Å². The van der Waals surface area contributed by atoms with Crippen LogP contribution in [0.1, 0.15) is 47.0 Å². The highest BCUT2D eigenvalue weighted by molar-refractivity contribution is 7.92. The van der Waals surface area contributed by atoms with Crippen LogP contribution in [0.3, 0.4) is 0 Å². The molecule has 0 aromatic carbocycles. The molecule has 0 aliphatic carbocycles. The summed E-state index contributed by atoms with van der Waals surface area (Å²) < 4.78 is 23.2. The Bertz CT molecular complexity index is 400. The second-order valence-electron chi connectivity index (χ2n) is 6.45. The van der Waals surface area contributed by atoms with E-state index in [9.17, 15) is 13.2 Å². The van der Waals surface area contributed by atoms with Gasteiger partial charge in [-0.05, 0) is 40.2 Å². The minimum Gasteiger partial charge on any atom is -0.316 e. The molecule has 1 N–H and O–H groups in total. The van der Waals surface area contributed by atoms with E-state index in [1.165, 1.54) is 0 Å². The molecular formula is C13H25NO3S. The lowest BCUT2D eigenvalue weighted by molar-refractivity contribution is -0.128. The highest BCUT2D eigenvalue weighted by Gasteiger charge is 2.36. The molecule has 1 fully saturated rings. The third-order valence-corrected chi connectivity index (χ3v) is 6.41. The van der Waals surface area contributed by atoms with Crippen LogP contribution in [0, 0.1) is 5.41 Å². The van der Waals surface area contributed by atoms with Gasteiger partial charge in [-0.3, -0.25) is 4.79 Å². The van der Waals surface area contributed by atoms with E-state index in [2.05, 4.69) is 5.32 Å². The quantitative estimate of drug-likeness (QED) is 0.845. The fourth-order valence-electron chi connectivity index (χ4n) is 2.13. The molecule has 4 nitrogen and oxygen atoms in total. The second kappa shape index (κ2) is 5.29. The number of rotatable bonds is 4. The molecule has 1 atom stereocenters. The number of ketones is 1. The number of piperidine rings is 1. The Labute approximate surface area is 110 Å². The smallest absolute Gasteiger partial charge is 0.155 e. The van der Waals surface area contributed by atoms with Gasteiger partial charge in [0.25, 0.3) is 0 Å². The molecular weight excluding hydrogens is 250 g/mol. The average molecular weight is 275 g/mol. The maximum Gasteiger partial charge on any atom is 0.155 e. The molecule has 0 aromatic heterocycles. The summed E-state index contributed by atoms with van der Waals surface area (Å²) in [4.78, 5) is 12.2. The molecule has 106 valence electrons. The van der Waals surface area contributed by atoms with Crippen LogP contribution in [0.15, 0.2) is 0 Å². The van der Waals surface area contributed by atoms with Crippen molar-refractivity contribution in [3.8, 4) is 0 Å². The van der Waals surface area contributed by atoms with Crippen molar-refractivity contribution in [1.29, 1.82) is 0 Å². The predicted octanol–water partition coefficient (Wildman–Crippen LogP) is 1.55. The van der Waals surface area contributed by atoms with Crippen molar-refractivity contribution >= 4 is 15.6 Å². The molecule has 1 aliphatic heterocycles. The highest BCUT2D eigenvalue weighted by Crippen LogP contribution is 2.28. The van der Waals surface area contributed by atoms with Crippen molar-refractivity contribution in [2.24, 2.45) is 5.41 Å². The van der Waals surface area contributed by atoms with Crippen molar-refractivity contribution in [1.82, 2.24) is 5.32 Å². The summed E-state index contributed by atoms with van der Waals surface area (Å²) in [5.74, 6) is 0.0350. The number of hydrogen-bond donors (Lipinski definition) is 1. The summed E-state index contributed by atoms with van der Waals surface area (Å²) in [6.07, 6.45) is 1.97. The van der Waals surface area contributed by atoms with Gasteiger partial charge in [-0.25, -0.2) is 8.42 Å². The number of nitrogens with one attached hydrogen (secondary N) is 1. The van der Waals surface area contributed by atoms with Gasteiger partial charge in [-0.1, -0.05) is 6.92 Å². The Balaban J connectivity index is 2.61. The molecule has 1 rings (SSSR count). The van der Waals surface area contributed by atoms with Crippen molar-refractivity contribution < 1.29 is 13.2 Å². The largest absolute Gasteiger partial charge is 0.316 e. The molecule has 1 heterocycles. The van der Waals surface area contributed by atoms with Crippen molar-refractivity contribution in [2.75, 3.05) is 18.8 Å². The third-order valence-electron chi connectivity index (χ3n) is 3.80. The van der Waals surface area contributed by atoms with Gasteiger partial charge in [0.1, 0.15) is 5.78 Å². The number of carbonyl (C=O) groups excluding carboxylic acids is 1. The molecule has 5 heteroatoms. The SMILES string of the molecule is CC1(C(=O)CCS(=O)(=O)C(C)(C)C)CCCNC1. The van der Waals surface area contributed by atoms with Crippen LogP contribution < -0.4 is 5.32 Å². The summed E-state index contributed by atoms with van der Waals surface area (Å²) in [6.45, 7) is 8.58. The van der Waals surface area contributed by atoms with E-state index in [0.717, 1.165) is 19.4 Å². The van der Waals surface area contributed by atoms with E-state index in [4.69, 9.17) is 0 Å². The van der Waals surface area contributed by atoms with Gasteiger partial charge in [0.05, 0.1) is 10.5 Å². The fraction of sp³-hybridized carbons (Fsp3) is 0.923. The zero-order chi connectivity index (χ0) is 14.0. The van der Waals surface area contributed by atoms with Gasteiger partial charge in [0.2, 0.25) is 0 Å². The zero-order valence-electron chi connectivity index (χ0n) is 11.9. The van der Waals surface area contributed by atoms with Crippen molar-refractivity contribution in [3.63, 3.8) is 0 Å². The molecule has 18 heavy (non-hydrogen) atoms. The molecule has 0 amide bonds. The molecule has 0 spiro atoms. The van der Waals surface area contributed by atoms with E-state index in [0.29, 0.717) is 6.54 Å². The van der Waals surface area contributed by atoms with Gasteiger partial charge in [-0.2, -0.15) is 0 Å². The van der Waals surface area contributed by atoms with Crippen LogP contribution in [0.2, 0.25) is 0 Å². The molecule has 0 aromatic rings. The summed E-state index contributed by atoms with van der Waals surface area (Å²) in [6, 6.07) is 0. The molecule has 0 bridgehead atoms. The molecule has 1 unspecified atom stereocenters. The Morgan fingerprint density at radius 1 is 1.33 bits per heavy atom. The number of hydrogen-bond acceptors (Lipinski definition) is 4. The molecule has 1 saturated heterocycles.